The van der Waals surface area contributed by atoms with E-state index in [4.69, 9.17) is 10.5 Å². The smallest absolute Gasteiger partial charge is 0.243 e. The minimum Gasteiger partial charge on any atom is -0.370 e. The highest BCUT2D eigenvalue weighted by Gasteiger charge is 2.20. The summed E-state index contributed by atoms with van der Waals surface area (Å²) in [4.78, 5) is 10.4. The highest BCUT2D eigenvalue weighted by molar-refractivity contribution is 7.99. The van der Waals surface area contributed by atoms with Crippen molar-refractivity contribution in [3.8, 4) is 0 Å². The van der Waals surface area contributed by atoms with Crippen molar-refractivity contribution in [2.24, 2.45) is 5.73 Å². The second-order valence-electron chi connectivity index (χ2n) is 3.80. The highest BCUT2D eigenvalue weighted by atomic mass is 32.2. The summed E-state index contributed by atoms with van der Waals surface area (Å²) in [7, 11) is 0. The molecule has 0 saturated carbocycles. The zero-order chi connectivity index (χ0) is 11.1. The lowest BCUT2D eigenvalue weighted by Gasteiger charge is -2.29. The Morgan fingerprint density at radius 2 is 2.47 bits per heavy atom. The van der Waals surface area contributed by atoms with Crippen LogP contribution in [0.4, 0.5) is 0 Å². The van der Waals surface area contributed by atoms with E-state index in [9.17, 15) is 4.79 Å². The average molecular weight is 232 g/mol. The molecule has 1 rings (SSSR count). The molecule has 2 unspecified atom stereocenters. The molecule has 2 atom stereocenters. The summed E-state index contributed by atoms with van der Waals surface area (Å²) in [6.07, 6.45) is 2.53. The molecule has 0 aromatic carbocycles. The number of amides is 1. The molecular weight excluding hydrogens is 212 g/mol. The Balaban J connectivity index is 2.01. The summed E-state index contributed by atoms with van der Waals surface area (Å²) in [6.45, 7) is 3.63. The Morgan fingerprint density at radius 1 is 1.67 bits per heavy atom. The minimum absolute atomic E-state index is 0.0245. The van der Waals surface area contributed by atoms with E-state index >= 15 is 0 Å². The van der Waals surface area contributed by atoms with E-state index in [-0.39, 0.29) is 6.61 Å². The molecule has 0 radical (unpaired) electrons. The molecule has 1 fully saturated rings. The molecule has 15 heavy (non-hydrogen) atoms. The third kappa shape index (κ3) is 5.39. The Bertz CT molecular complexity index is 202. The van der Waals surface area contributed by atoms with E-state index in [1.54, 1.807) is 0 Å². The molecule has 4 nitrogen and oxygen atoms in total. The summed E-state index contributed by atoms with van der Waals surface area (Å²) in [6, 6.07) is 0.584. The molecule has 1 saturated heterocycles. The summed E-state index contributed by atoms with van der Waals surface area (Å²) in [5.74, 6) is 0.869. The van der Waals surface area contributed by atoms with Crippen LogP contribution in [0.5, 0.6) is 0 Å². The van der Waals surface area contributed by atoms with Gasteiger partial charge in [-0.1, -0.05) is 6.92 Å². The van der Waals surface area contributed by atoms with E-state index in [0.29, 0.717) is 17.9 Å². The number of ether oxygens (including phenoxy) is 1. The van der Waals surface area contributed by atoms with Crippen molar-refractivity contribution in [1.82, 2.24) is 5.32 Å². The van der Waals surface area contributed by atoms with Crippen LogP contribution in [0.1, 0.15) is 19.8 Å². The molecule has 1 aliphatic heterocycles. The zero-order valence-electron chi connectivity index (χ0n) is 9.20. The third-order valence-electron chi connectivity index (χ3n) is 2.50. The van der Waals surface area contributed by atoms with Gasteiger partial charge in [0, 0.05) is 17.8 Å². The number of nitrogens with one attached hydrogen (secondary N) is 1. The number of carbonyl (C=O) groups is 1. The molecule has 5 heteroatoms. The number of thioether (sulfide) groups is 1. The Kier molecular flexibility index (Phi) is 6.05. The van der Waals surface area contributed by atoms with Crippen LogP contribution in [0.15, 0.2) is 0 Å². The third-order valence-corrected chi connectivity index (χ3v) is 3.88. The van der Waals surface area contributed by atoms with Gasteiger partial charge in [-0.15, -0.1) is 0 Å². The normalized spacial score (nSPS) is 26.5. The number of rotatable bonds is 6. The van der Waals surface area contributed by atoms with Crippen LogP contribution in [0.3, 0.4) is 0 Å². The molecule has 0 aromatic heterocycles. The number of hydrogen-bond donors (Lipinski definition) is 2. The molecule has 0 spiro atoms. The van der Waals surface area contributed by atoms with Gasteiger partial charge < -0.3 is 15.8 Å². The van der Waals surface area contributed by atoms with E-state index in [1.165, 1.54) is 18.6 Å². The van der Waals surface area contributed by atoms with Gasteiger partial charge in [0.1, 0.15) is 6.61 Å². The van der Waals surface area contributed by atoms with Crippen LogP contribution < -0.4 is 11.1 Å². The summed E-state index contributed by atoms with van der Waals surface area (Å²) in [5, 5.41) is 4.12. The van der Waals surface area contributed by atoms with Crippen LogP contribution in [0.2, 0.25) is 0 Å². The first kappa shape index (κ1) is 12.8. The Labute approximate surface area is 95.3 Å². The number of hydrogen-bond acceptors (Lipinski definition) is 4. The van der Waals surface area contributed by atoms with E-state index in [1.807, 2.05) is 11.8 Å². The lowest BCUT2D eigenvalue weighted by molar-refractivity contribution is -0.122. The first-order valence-electron chi connectivity index (χ1n) is 5.41. The van der Waals surface area contributed by atoms with Gasteiger partial charge in [-0.05, 0) is 18.6 Å². The maximum atomic E-state index is 10.4. The zero-order valence-corrected chi connectivity index (χ0v) is 10.0. The predicted octanol–water partition coefficient (Wildman–Crippen LogP) is 0.362. The van der Waals surface area contributed by atoms with Gasteiger partial charge >= 0.3 is 0 Å². The van der Waals surface area contributed by atoms with Crippen molar-refractivity contribution in [1.29, 1.82) is 0 Å². The van der Waals surface area contributed by atoms with Crippen LogP contribution in [0.25, 0.3) is 0 Å². The maximum absolute atomic E-state index is 10.4. The molecule has 1 amide bonds. The van der Waals surface area contributed by atoms with Gasteiger partial charge in [0.15, 0.2) is 0 Å². The highest BCUT2D eigenvalue weighted by Crippen LogP contribution is 2.24. The van der Waals surface area contributed by atoms with Gasteiger partial charge in [0.05, 0.1) is 6.61 Å². The monoisotopic (exact) mass is 232 g/mol. The quantitative estimate of drug-likeness (QED) is 0.649. The van der Waals surface area contributed by atoms with Crippen molar-refractivity contribution >= 4 is 17.7 Å². The lowest BCUT2D eigenvalue weighted by Crippen LogP contribution is -2.41. The molecule has 1 heterocycles. The fraction of sp³-hybridized carbons (Fsp3) is 0.900. The van der Waals surface area contributed by atoms with Gasteiger partial charge in [-0.25, -0.2) is 0 Å². The van der Waals surface area contributed by atoms with Crippen molar-refractivity contribution < 1.29 is 9.53 Å². The van der Waals surface area contributed by atoms with Gasteiger partial charge in [-0.2, -0.15) is 11.8 Å². The molecular formula is C10H20N2O2S. The molecule has 3 N–H and O–H groups in total. The van der Waals surface area contributed by atoms with Crippen LogP contribution >= 0.6 is 11.8 Å². The number of primary amides is 1. The standard InChI is InChI=1S/C10H20N2O2S/c1-8-9(3-2-6-15-8)12-4-5-14-7-10(11)13/h8-9,12H,2-7H2,1H3,(H2,11,13). The summed E-state index contributed by atoms with van der Waals surface area (Å²) in [5.41, 5.74) is 4.95. The first-order chi connectivity index (χ1) is 7.20. The fourth-order valence-electron chi connectivity index (χ4n) is 1.68. The van der Waals surface area contributed by atoms with Crippen LogP contribution in [-0.4, -0.2) is 42.7 Å². The average Bonchev–Trinajstić information content (AvgIpc) is 2.20. The predicted molar refractivity (Wildman–Crippen MR) is 63.0 cm³/mol. The molecule has 0 aliphatic carbocycles. The van der Waals surface area contributed by atoms with E-state index in [2.05, 4.69) is 12.2 Å². The Morgan fingerprint density at radius 3 is 3.13 bits per heavy atom. The maximum Gasteiger partial charge on any atom is 0.243 e. The second kappa shape index (κ2) is 7.09. The van der Waals surface area contributed by atoms with Crippen molar-refractivity contribution in [2.75, 3.05) is 25.5 Å². The molecule has 0 aromatic rings. The molecule has 1 aliphatic rings. The largest absolute Gasteiger partial charge is 0.370 e. The van der Waals surface area contributed by atoms with Gasteiger partial charge in [0.25, 0.3) is 0 Å². The summed E-state index contributed by atoms with van der Waals surface area (Å²) >= 11 is 2.02. The van der Waals surface area contributed by atoms with Gasteiger partial charge in [0.2, 0.25) is 5.91 Å². The van der Waals surface area contributed by atoms with Crippen LogP contribution in [0, 0.1) is 0 Å². The van der Waals surface area contributed by atoms with Gasteiger partial charge in [-0.3, -0.25) is 4.79 Å². The number of carbonyl (C=O) groups excluding carboxylic acids is 1. The minimum atomic E-state index is -0.406. The van der Waals surface area contributed by atoms with Crippen molar-refractivity contribution in [3.05, 3.63) is 0 Å². The topological polar surface area (TPSA) is 64.3 Å². The molecule has 88 valence electrons. The molecule has 0 bridgehead atoms. The van der Waals surface area contributed by atoms with Crippen molar-refractivity contribution in [3.63, 3.8) is 0 Å². The second-order valence-corrected chi connectivity index (χ2v) is 5.28. The number of nitrogens with two attached hydrogens (primary N) is 1. The van der Waals surface area contributed by atoms with E-state index in [0.717, 1.165) is 6.54 Å². The lowest BCUT2D eigenvalue weighted by atomic mass is 10.1. The summed E-state index contributed by atoms with van der Waals surface area (Å²) < 4.78 is 5.08. The Hall–Kier alpha value is -0.260. The van der Waals surface area contributed by atoms with E-state index < -0.39 is 5.91 Å². The van der Waals surface area contributed by atoms with Crippen molar-refractivity contribution in [2.45, 2.75) is 31.1 Å². The van der Waals surface area contributed by atoms with Crippen LogP contribution in [-0.2, 0) is 9.53 Å². The fourth-order valence-corrected chi connectivity index (χ4v) is 2.85. The first-order valence-corrected chi connectivity index (χ1v) is 6.46. The SMILES string of the molecule is CC1SCCCC1NCCOCC(N)=O.